The van der Waals surface area contributed by atoms with Gasteiger partial charge in [-0.25, -0.2) is 4.79 Å². The predicted octanol–water partition coefficient (Wildman–Crippen LogP) is 0.807. The smallest absolute Gasteiger partial charge is 0.334 e. The Morgan fingerprint density at radius 2 is 1.62 bits per heavy atom. The summed E-state index contributed by atoms with van der Waals surface area (Å²) in [6.07, 6.45) is 1.54. The number of allylic oxidation sites excluding steroid dienone is 1. The van der Waals surface area contributed by atoms with Gasteiger partial charge in [0.05, 0.1) is 33.7 Å². The van der Waals surface area contributed by atoms with Crippen molar-refractivity contribution in [1.29, 1.82) is 0 Å². The molecule has 0 heterocycles. The van der Waals surface area contributed by atoms with Crippen LogP contribution < -0.4 is 0 Å². The molecule has 1 atom stereocenters. The topological polar surface area (TPSA) is 96.0 Å². The summed E-state index contributed by atoms with van der Waals surface area (Å²) in [5.41, 5.74) is -0.0176. The molecule has 1 unspecified atom stereocenters. The molecule has 0 saturated carbocycles. The van der Waals surface area contributed by atoms with Gasteiger partial charge in [-0.15, -0.1) is 0 Å². The van der Waals surface area contributed by atoms with E-state index in [0.717, 1.165) is 14.2 Å². The number of esters is 3. The molecule has 0 aliphatic carbocycles. The largest absolute Gasteiger partial charge is 0.469 e. The molecule has 0 aromatic carbocycles. The van der Waals surface area contributed by atoms with Crippen molar-refractivity contribution in [2.75, 3.05) is 21.3 Å². The summed E-state index contributed by atoms with van der Waals surface area (Å²) in [7, 11) is 3.48. The van der Waals surface area contributed by atoms with E-state index in [4.69, 9.17) is 0 Å². The van der Waals surface area contributed by atoms with Crippen molar-refractivity contribution in [3.05, 3.63) is 11.6 Å². The Kier molecular flexibility index (Phi) is 8.68. The first-order valence-electron chi connectivity index (χ1n) is 6.29. The monoisotopic (exact) mass is 300 g/mol. The van der Waals surface area contributed by atoms with Gasteiger partial charge in [0.15, 0.2) is 0 Å². The van der Waals surface area contributed by atoms with Gasteiger partial charge in [0.1, 0.15) is 5.78 Å². The first-order chi connectivity index (χ1) is 9.87. The van der Waals surface area contributed by atoms with E-state index in [1.165, 1.54) is 20.1 Å². The van der Waals surface area contributed by atoms with Crippen LogP contribution in [0.3, 0.4) is 0 Å². The predicted molar refractivity (Wildman–Crippen MR) is 72.2 cm³/mol. The van der Waals surface area contributed by atoms with E-state index < -0.39 is 23.8 Å². The zero-order valence-electron chi connectivity index (χ0n) is 12.6. The molecule has 0 radical (unpaired) electrons. The van der Waals surface area contributed by atoms with Crippen LogP contribution in [0.15, 0.2) is 11.6 Å². The third kappa shape index (κ3) is 6.69. The van der Waals surface area contributed by atoms with Crippen LogP contribution >= 0.6 is 0 Å². The number of ketones is 1. The van der Waals surface area contributed by atoms with Gasteiger partial charge >= 0.3 is 17.9 Å². The van der Waals surface area contributed by atoms with Gasteiger partial charge in [-0.2, -0.15) is 0 Å². The number of rotatable bonds is 8. The van der Waals surface area contributed by atoms with E-state index in [1.807, 2.05) is 0 Å². The van der Waals surface area contributed by atoms with E-state index in [-0.39, 0.29) is 30.6 Å². The summed E-state index contributed by atoms with van der Waals surface area (Å²) >= 11 is 0. The van der Waals surface area contributed by atoms with Gasteiger partial charge in [0, 0.05) is 12.0 Å². The van der Waals surface area contributed by atoms with Crippen molar-refractivity contribution in [3.8, 4) is 0 Å². The molecule has 0 bridgehead atoms. The van der Waals surface area contributed by atoms with Crippen LogP contribution in [-0.2, 0) is 33.4 Å². The molecule has 118 valence electrons. The number of Topliss-reactive ketones (excluding diaryl/α,β-unsaturated/α-hetero) is 1. The maximum atomic E-state index is 11.8. The SMILES string of the molecule is COC(=O)CC(C(=O)OC)/C(=C/CCC(C)=O)C(=O)OC. The van der Waals surface area contributed by atoms with Crippen LogP contribution in [0.25, 0.3) is 0 Å². The van der Waals surface area contributed by atoms with E-state index in [9.17, 15) is 19.2 Å². The lowest BCUT2D eigenvalue weighted by atomic mass is 9.94. The molecule has 0 spiro atoms. The quantitative estimate of drug-likeness (QED) is 0.372. The fourth-order valence-corrected chi connectivity index (χ4v) is 1.63. The van der Waals surface area contributed by atoms with Gasteiger partial charge in [-0.3, -0.25) is 9.59 Å². The lowest BCUT2D eigenvalue weighted by Gasteiger charge is -2.15. The molecule has 0 aliphatic heterocycles. The average molecular weight is 300 g/mol. The molecular formula is C14H20O7. The van der Waals surface area contributed by atoms with E-state index >= 15 is 0 Å². The molecule has 7 heteroatoms. The standard InChI is InChI=1S/C14H20O7/c1-9(15)6-5-7-10(13(17)20-3)11(14(18)21-4)8-12(16)19-2/h7,11H,5-6,8H2,1-4H3/b10-7-. The fraction of sp³-hybridized carbons (Fsp3) is 0.571. The zero-order chi connectivity index (χ0) is 16.4. The number of hydrogen-bond acceptors (Lipinski definition) is 7. The molecule has 0 aromatic heterocycles. The van der Waals surface area contributed by atoms with Crippen molar-refractivity contribution in [3.63, 3.8) is 0 Å². The molecule has 21 heavy (non-hydrogen) atoms. The highest BCUT2D eigenvalue weighted by atomic mass is 16.5. The van der Waals surface area contributed by atoms with Crippen molar-refractivity contribution in [2.24, 2.45) is 5.92 Å². The molecule has 0 rings (SSSR count). The summed E-state index contributed by atoms with van der Waals surface area (Å²) in [5, 5.41) is 0. The molecule has 0 N–H and O–H groups in total. The first kappa shape index (κ1) is 18.8. The summed E-state index contributed by atoms with van der Waals surface area (Å²) in [5.74, 6) is -3.34. The number of hydrogen-bond donors (Lipinski definition) is 0. The Labute approximate surface area is 123 Å². The van der Waals surface area contributed by atoms with Gasteiger partial charge < -0.3 is 19.0 Å². The Balaban J connectivity index is 5.35. The maximum absolute atomic E-state index is 11.8. The lowest BCUT2D eigenvalue weighted by molar-refractivity contribution is -0.152. The van der Waals surface area contributed by atoms with Crippen LogP contribution in [0.1, 0.15) is 26.2 Å². The number of carbonyl (C=O) groups excluding carboxylic acids is 4. The third-order valence-electron chi connectivity index (χ3n) is 2.74. The molecule has 0 fully saturated rings. The summed E-state index contributed by atoms with van der Waals surface area (Å²) in [6.45, 7) is 1.41. The second kappa shape index (κ2) is 9.68. The average Bonchev–Trinajstić information content (AvgIpc) is 2.47. The van der Waals surface area contributed by atoms with Crippen LogP contribution in [0, 0.1) is 5.92 Å². The van der Waals surface area contributed by atoms with Gasteiger partial charge in [-0.1, -0.05) is 6.08 Å². The van der Waals surface area contributed by atoms with E-state index in [1.54, 1.807) is 0 Å². The zero-order valence-corrected chi connectivity index (χ0v) is 12.6. The summed E-state index contributed by atoms with van der Waals surface area (Å²) in [4.78, 5) is 45.9. The lowest BCUT2D eigenvalue weighted by Crippen LogP contribution is -2.27. The van der Waals surface area contributed by atoms with Crippen molar-refractivity contribution in [2.45, 2.75) is 26.2 Å². The summed E-state index contributed by atoms with van der Waals surface area (Å²) in [6, 6.07) is 0. The van der Waals surface area contributed by atoms with Crippen LogP contribution in [-0.4, -0.2) is 45.0 Å². The first-order valence-corrected chi connectivity index (χ1v) is 6.29. The molecule has 0 aromatic rings. The highest BCUT2D eigenvalue weighted by Crippen LogP contribution is 2.20. The van der Waals surface area contributed by atoms with Crippen molar-refractivity contribution < 1.29 is 33.4 Å². The fourth-order valence-electron chi connectivity index (χ4n) is 1.63. The second-order valence-electron chi connectivity index (χ2n) is 4.25. The van der Waals surface area contributed by atoms with Gasteiger partial charge in [0.25, 0.3) is 0 Å². The third-order valence-corrected chi connectivity index (χ3v) is 2.74. The molecule has 0 saturated heterocycles. The Morgan fingerprint density at radius 3 is 2.05 bits per heavy atom. The Hall–Kier alpha value is -2.18. The Morgan fingerprint density at radius 1 is 1.00 bits per heavy atom. The van der Waals surface area contributed by atoms with Gasteiger partial charge in [-0.05, 0) is 13.3 Å². The molecular weight excluding hydrogens is 280 g/mol. The molecule has 0 aliphatic rings. The van der Waals surface area contributed by atoms with Gasteiger partial charge in [0.2, 0.25) is 0 Å². The minimum Gasteiger partial charge on any atom is -0.469 e. The van der Waals surface area contributed by atoms with Crippen LogP contribution in [0.2, 0.25) is 0 Å². The van der Waals surface area contributed by atoms with E-state index in [0.29, 0.717) is 0 Å². The Bertz CT molecular complexity index is 437. The minimum atomic E-state index is -1.12. The number of methoxy groups -OCH3 is 3. The second-order valence-corrected chi connectivity index (χ2v) is 4.25. The highest BCUT2D eigenvalue weighted by molar-refractivity contribution is 5.97. The number of carbonyl (C=O) groups is 4. The highest BCUT2D eigenvalue weighted by Gasteiger charge is 2.31. The molecule has 7 nitrogen and oxygen atoms in total. The van der Waals surface area contributed by atoms with Crippen LogP contribution in [0.4, 0.5) is 0 Å². The summed E-state index contributed by atoms with van der Waals surface area (Å²) < 4.78 is 13.7. The maximum Gasteiger partial charge on any atom is 0.334 e. The minimum absolute atomic E-state index is 0.0176. The van der Waals surface area contributed by atoms with Crippen molar-refractivity contribution in [1.82, 2.24) is 0 Å². The number of ether oxygens (including phenoxy) is 3. The molecule has 0 amide bonds. The normalized spacial score (nSPS) is 12.3. The van der Waals surface area contributed by atoms with Crippen molar-refractivity contribution >= 4 is 23.7 Å². The van der Waals surface area contributed by atoms with E-state index in [2.05, 4.69) is 14.2 Å². The van der Waals surface area contributed by atoms with Crippen LogP contribution in [0.5, 0.6) is 0 Å².